The lowest BCUT2D eigenvalue weighted by atomic mass is 10.1. The number of carbonyl (C=O) groups excluding carboxylic acids is 1. The highest BCUT2D eigenvalue weighted by molar-refractivity contribution is 7.09. The van der Waals surface area contributed by atoms with E-state index in [-0.39, 0.29) is 0 Å². The normalized spacial score (nSPS) is 17.2. The predicted molar refractivity (Wildman–Crippen MR) is 102 cm³/mol. The first-order chi connectivity index (χ1) is 12.3. The zero-order chi connectivity index (χ0) is 17.5. The molecule has 1 atom stereocenters. The number of amides is 1. The molecule has 1 aromatic carbocycles. The summed E-state index contributed by atoms with van der Waals surface area (Å²) in [6.45, 7) is 2.59. The summed E-state index contributed by atoms with van der Waals surface area (Å²) in [5.41, 5.74) is 1.22. The number of nitrogens with zero attached hydrogens (tertiary/aromatic N) is 1. The van der Waals surface area contributed by atoms with E-state index < -0.39 is 0 Å². The number of carbonyl (C=O) groups is 1. The third-order valence-corrected chi connectivity index (χ3v) is 5.69. The summed E-state index contributed by atoms with van der Waals surface area (Å²) in [7, 11) is 1.69. The van der Waals surface area contributed by atoms with Crippen molar-refractivity contribution in [1.29, 1.82) is 0 Å². The molecule has 1 aliphatic rings. The Morgan fingerprint density at radius 1 is 1.32 bits per heavy atom. The van der Waals surface area contributed by atoms with Gasteiger partial charge in [0.2, 0.25) is 5.91 Å². The molecule has 0 aliphatic carbocycles. The summed E-state index contributed by atoms with van der Waals surface area (Å²) in [6, 6.07) is 12.7. The summed E-state index contributed by atoms with van der Waals surface area (Å²) < 4.78 is 5.25. The molecule has 3 rings (SSSR count). The van der Waals surface area contributed by atoms with Crippen LogP contribution < -0.4 is 10.1 Å². The Morgan fingerprint density at radius 3 is 3.04 bits per heavy atom. The number of thiophene rings is 1. The SMILES string of the molecule is COc1cccc(CNCCC2CCC(=O)N2CCc2cccs2)c1. The number of hydrogen-bond donors (Lipinski definition) is 1. The van der Waals surface area contributed by atoms with E-state index in [1.165, 1.54) is 10.4 Å². The number of nitrogens with one attached hydrogen (secondary N) is 1. The molecular weight excluding hydrogens is 332 g/mol. The van der Waals surface area contributed by atoms with E-state index in [1.807, 2.05) is 12.1 Å². The molecule has 0 radical (unpaired) electrons. The van der Waals surface area contributed by atoms with Gasteiger partial charge >= 0.3 is 0 Å². The van der Waals surface area contributed by atoms with Crippen LogP contribution in [0.15, 0.2) is 41.8 Å². The molecule has 1 aliphatic heterocycles. The van der Waals surface area contributed by atoms with Crippen molar-refractivity contribution in [3.05, 3.63) is 52.2 Å². The highest BCUT2D eigenvalue weighted by atomic mass is 32.1. The molecule has 1 saturated heterocycles. The average molecular weight is 359 g/mol. The Balaban J connectivity index is 1.42. The summed E-state index contributed by atoms with van der Waals surface area (Å²) in [5.74, 6) is 1.20. The van der Waals surface area contributed by atoms with Gasteiger partial charge < -0.3 is 15.0 Å². The molecule has 4 nitrogen and oxygen atoms in total. The van der Waals surface area contributed by atoms with Crippen molar-refractivity contribution in [2.75, 3.05) is 20.2 Å². The van der Waals surface area contributed by atoms with Crippen molar-refractivity contribution >= 4 is 17.2 Å². The smallest absolute Gasteiger partial charge is 0.222 e. The van der Waals surface area contributed by atoms with E-state index in [9.17, 15) is 4.79 Å². The molecule has 134 valence electrons. The number of likely N-dealkylation sites (tertiary alicyclic amines) is 1. The van der Waals surface area contributed by atoms with Gasteiger partial charge in [-0.05, 0) is 54.9 Å². The quantitative estimate of drug-likeness (QED) is 0.698. The van der Waals surface area contributed by atoms with Crippen molar-refractivity contribution < 1.29 is 9.53 Å². The molecule has 1 fully saturated rings. The lowest BCUT2D eigenvalue weighted by molar-refractivity contribution is -0.128. The van der Waals surface area contributed by atoms with E-state index in [0.717, 1.165) is 44.6 Å². The second-order valence-electron chi connectivity index (χ2n) is 6.43. The van der Waals surface area contributed by atoms with Crippen LogP contribution in [0.3, 0.4) is 0 Å². The van der Waals surface area contributed by atoms with Gasteiger partial charge in [0.05, 0.1) is 7.11 Å². The average Bonchev–Trinajstić information content (AvgIpc) is 3.27. The van der Waals surface area contributed by atoms with Crippen LogP contribution in [0, 0.1) is 0 Å². The third-order valence-electron chi connectivity index (χ3n) is 4.75. The number of methoxy groups -OCH3 is 1. The zero-order valence-electron chi connectivity index (χ0n) is 14.7. The van der Waals surface area contributed by atoms with Gasteiger partial charge in [-0.2, -0.15) is 0 Å². The minimum Gasteiger partial charge on any atom is -0.497 e. The van der Waals surface area contributed by atoms with Crippen LogP contribution >= 0.6 is 11.3 Å². The molecule has 1 unspecified atom stereocenters. The molecule has 1 aromatic heterocycles. The summed E-state index contributed by atoms with van der Waals surface area (Å²) in [6.07, 6.45) is 3.67. The van der Waals surface area contributed by atoms with Crippen LogP contribution in [-0.2, 0) is 17.8 Å². The van der Waals surface area contributed by atoms with Gasteiger partial charge in [-0.25, -0.2) is 0 Å². The fourth-order valence-electron chi connectivity index (χ4n) is 3.37. The summed E-state index contributed by atoms with van der Waals surface area (Å²) in [4.78, 5) is 15.6. The Kier molecular flexibility index (Phi) is 6.48. The lowest BCUT2D eigenvalue weighted by Gasteiger charge is -2.25. The van der Waals surface area contributed by atoms with Gasteiger partial charge in [0.15, 0.2) is 0 Å². The minimum absolute atomic E-state index is 0.314. The van der Waals surface area contributed by atoms with E-state index in [0.29, 0.717) is 18.4 Å². The van der Waals surface area contributed by atoms with Gasteiger partial charge in [-0.3, -0.25) is 4.79 Å². The molecule has 5 heteroatoms. The fourth-order valence-corrected chi connectivity index (χ4v) is 4.07. The maximum Gasteiger partial charge on any atom is 0.222 e. The standard InChI is InChI=1S/C20H26N2O2S/c1-24-18-5-2-4-16(14-18)15-21-11-9-17-7-8-20(23)22(17)12-10-19-6-3-13-25-19/h2-6,13-14,17,21H,7-12,15H2,1H3. The van der Waals surface area contributed by atoms with Gasteiger partial charge in [-0.15, -0.1) is 11.3 Å². The van der Waals surface area contributed by atoms with Crippen LogP contribution in [-0.4, -0.2) is 37.0 Å². The van der Waals surface area contributed by atoms with Crippen molar-refractivity contribution in [2.45, 2.75) is 38.3 Å². The number of ether oxygens (including phenoxy) is 1. The van der Waals surface area contributed by atoms with Gasteiger partial charge in [0.25, 0.3) is 0 Å². The van der Waals surface area contributed by atoms with Crippen LogP contribution in [0.25, 0.3) is 0 Å². The predicted octanol–water partition coefficient (Wildman–Crippen LogP) is 3.47. The molecule has 1 N–H and O–H groups in total. The summed E-state index contributed by atoms with van der Waals surface area (Å²) >= 11 is 1.77. The molecule has 25 heavy (non-hydrogen) atoms. The second-order valence-corrected chi connectivity index (χ2v) is 7.46. The van der Waals surface area contributed by atoms with Gasteiger partial charge in [-0.1, -0.05) is 18.2 Å². The highest BCUT2D eigenvalue weighted by Crippen LogP contribution is 2.22. The van der Waals surface area contributed by atoms with Crippen molar-refractivity contribution in [3.8, 4) is 5.75 Å². The van der Waals surface area contributed by atoms with E-state index in [4.69, 9.17) is 4.74 Å². The number of benzene rings is 1. The molecule has 1 amide bonds. The van der Waals surface area contributed by atoms with E-state index in [2.05, 4.69) is 39.9 Å². The number of hydrogen-bond acceptors (Lipinski definition) is 4. The largest absolute Gasteiger partial charge is 0.497 e. The van der Waals surface area contributed by atoms with Crippen molar-refractivity contribution in [1.82, 2.24) is 10.2 Å². The molecule has 2 aromatic rings. The molecule has 0 saturated carbocycles. The first kappa shape index (κ1) is 18.0. The van der Waals surface area contributed by atoms with Crippen molar-refractivity contribution in [3.63, 3.8) is 0 Å². The fraction of sp³-hybridized carbons (Fsp3) is 0.450. The van der Waals surface area contributed by atoms with Crippen LogP contribution in [0.1, 0.15) is 29.7 Å². The zero-order valence-corrected chi connectivity index (χ0v) is 15.6. The van der Waals surface area contributed by atoms with Crippen LogP contribution in [0.4, 0.5) is 0 Å². The molecule has 0 bridgehead atoms. The Hall–Kier alpha value is -1.85. The summed E-state index contributed by atoms with van der Waals surface area (Å²) in [5, 5.41) is 5.59. The van der Waals surface area contributed by atoms with Crippen molar-refractivity contribution in [2.24, 2.45) is 0 Å². The van der Waals surface area contributed by atoms with Crippen LogP contribution in [0.5, 0.6) is 5.75 Å². The monoisotopic (exact) mass is 358 g/mol. The Bertz CT molecular complexity index is 672. The highest BCUT2D eigenvalue weighted by Gasteiger charge is 2.29. The molecule has 0 spiro atoms. The third kappa shape index (κ3) is 5.06. The Labute approximate surface area is 153 Å². The minimum atomic E-state index is 0.314. The molecular formula is C20H26N2O2S. The maximum absolute atomic E-state index is 12.2. The number of rotatable bonds is 9. The van der Waals surface area contributed by atoms with Crippen LogP contribution in [0.2, 0.25) is 0 Å². The van der Waals surface area contributed by atoms with Gasteiger partial charge in [0, 0.05) is 30.4 Å². The first-order valence-electron chi connectivity index (χ1n) is 8.92. The second kappa shape index (κ2) is 9.02. The van der Waals surface area contributed by atoms with Gasteiger partial charge in [0.1, 0.15) is 5.75 Å². The lowest BCUT2D eigenvalue weighted by Crippen LogP contribution is -2.36. The topological polar surface area (TPSA) is 41.6 Å². The van der Waals surface area contributed by atoms with E-state index >= 15 is 0 Å². The Morgan fingerprint density at radius 2 is 2.24 bits per heavy atom. The first-order valence-corrected chi connectivity index (χ1v) is 9.79. The van der Waals surface area contributed by atoms with E-state index in [1.54, 1.807) is 18.4 Å². The molecule has 2 heterocycles. The maximum atomic E-state index is 12.2.